The third-order valence-electron chi connectivity index (χ3n) is 5.00. The zero-order valence-corrected chi connectivity index (χ0v) is 15.8. The van der Waals surface area contributed by atoms with E-state index in [1.807, 2.05) is 0 Å². The van der Waals surface area contributed by atoms with Gasteiger partial charge in [-0.05, 0) is 24.3 Å². The summed E-state index contributed by atoms with van der Waals surface area (Å²) in [6.45, 7) is -0.344. The first-order valence-electron chi connectivity index (χ1n) is 8.90. The van der Waals surface area contributed by atoms with Gasteiger partial charge in [0.25, 0.3) is 5.91 Å². The number of carbonyl (C=O) groups is 1. The predicted octanol–water partition coefficient (Wildman–Crippen LogP) is 2.49. The molecule has 3 aromatic rings. The van der Waals surface area contributed by atoms with Gasteiger partial charge >= 0.3 is 0 Å². The number of ether oxygens (including phenoxy) is 2. The Labute approximate surface area is 164 Å². The molecule has 1 unspecified atom stereocenters. The summed E-state index contributed by atoms with van der Waals surface area (Å²) >= 11 is 0. The Morgan fingerprint density at radius 2 is 1.97 bits per heavy atom. The second-order valence-electron chi connectivity index (χ2n) is 6.52. The van der Waals surface area contributed by atoms with Crippen molar-refractivity contribution in [3.63, 3.8) is 0 Å². The van der Waals surface area contributed by atoms with Gasteiger partial charge in [0.1, 0.15) is 11.4 Å². The van der Waals surface area contributed by atoms with E-state index in [0.29, 0.717) is 17.1 Å². The topological polar surface area (TPSA) is 89.2 Å². The van der Waals surface area contributed by atoms with Crippen molar-refractivity contribution in [1.29, 1.82) is 0 Å². The number of fused-ring (bicyclic) bond motifs is 2. The van der Waals surface area contributed by atoms with E-state index in [1.165, 1.54) is 25.2 Å². The number of rotatable bonds is 5. The van der Waals surface area contributed by atoms with Crippen molar-refractivity contribution in [3.8, 4) is 11.5 Å². The Morgan fingerprint density at radius 1 is 1.17 bits per heavy atom. The summed E-state index contributed by atoms with van der Waals surface area (Å²) in [6, 6.07) is 7.78. The minimum absolute atomic E-state index is 0.0296. The first-order chi connectivity index (χ1) is 14.0. The van der Waals surface area contributed by atoms with Gasteiger partial charge in [0.2, 0.25) is 5.76 Å². The molecule has 0 saturated carbocycles. The van der Waals surface area contributed by atoms with E-state index in [1.54, 1.807) is 18.2 Å². The molecule has 0 fully saturated rings. The quantitative estimate of drug-likeness (QED) is 0.709. The summed E-state index contributed by atoms with van der Waals surface area (Å²) in [4.78, 5) is 27.6. The van der Waals surface area contributed by atoms with Crippen LogP contribution in [0.2, 0.25) is 0 Å². The number of nitrogens with zero attached hydrogens (tertiary/aromatic N) is 1. The molecule has 1 amide bonds. The lowest BCUT2D eigenvalue weighted by Gasteiger charge is -2.26. The minimum atomic E-state index is -0.876. The predicted molar refractivity (Wildman–Crippen MR) is 102 cm³/mol. The molecule has 0 aliphatic carbocycles. The average molecular weight is 399 g/mol. The molecule has 150 valence electrons. The van der Waals surface area contributed by atoms with E-state index >= 15 is 0 Å². The van der Waals surface area contributed by atoms with Crippen LogP contribution < -0.4 is 14.9 Å². The Kier molecular flexibility index (Phi) is 4.71. The number of β-amino-alcohol motifs (C(OH)–C–C–N with tert-alkyl or cyclic N) is 1. The van der Waals surface area contributed by atoms with Gasteiger partial charge < -0.3 is 23.9 Å². The molecule has 1 aromatic heterocycles. The lowest BCUT2D eigenvalue weighted by molar-refractivity contribution is 0.0689. The van der Waals surface area contributed by atoms with Gasteiger partial charge in [-0.2, -0.15) is 0 Å². The van der Waals surface area contributed by atoms with E-state index in [9.17, 15) is 19.1 Å². The normalized spacial score (nSPS) is 15.7. The fourth-order valence-electron chi connectivity index (χ4n) is 3.78. The highest BCUT2D eigenvalue weighted by Gasteiger charge is 2.44. The lowest BCUT2D eigenvalue weighted by Crippen LogP contribution is -2.32. The number of halogens is 1. The van der Waals surface area contributed by atoms with Gasteiger partial charge in [0, 0.05) is 12.1 Å². The molecular weight excluding hydrogens is 381 g/mol. The van der Waals surface area contributed by atoms with Crippen LogP contribution in [0.1, 0.15) is 27.7 Å². The summed E-state index contributed by atoms with van der Waals surface area (Å²) in [7, 11) is 2.93. The maximum atomic E-state index is 13.8. The van der Waals surface area contributed by atoms with Crippen LogP contribution in [0.3, 0.4) is 0 Å². The van der Waals surface area contributed by atoms with Crippen molar-refractivity contribution in [1.82, 2.24) is 4.90 Å². The van der Waals surface area contributed by atoms with Gasteiger partial charge in [-0.25, -0.2) is 4.39 Å². The molecule has 0 bridgehead atoms. The monoisotopic (exact) mass is 399 g/mol. The van der Waals surface area contributed by atoms with Crippen molar-refractivity contribution in [2.24, 2.45) is 0 Å². The Balaban J connectivity index is 2.05. The molecular formula is C21H18FNO6. The third kappa shape index (κ3) is 2.84. The highest BCUT2D eigenvalue weighted by atomic mass is 19.1. The highest BCUT2D eigenvalue weighted by molar-refractivity contribution is 5.99. The van der Waals surface area contributed by atoms with E-state index in [-0.39, 0.29) is 35.4 Å². The molecule has 2 aromatic carbocycles. The number of aliphatic hydroxyl groups excluding tert-OH is 1. The highest BCUT2D eigenvalue weighted by Crippen LogP contribution is 2.44. The van der Waals surface area contributed by atoms with Crippen LogP contribution in [-0.2, 0) is 0 Å². The first kappa shape index (κ1) is 18.9. The average Bonchev–Trinajstić information content (AvgIpc) is 3.00. The van der Waals surface area contributed by atoms with E-state index < -0.39 is 23.2 Å². The van der Waals surface area contributed by atoms with Gasteiger partial charge in [-0.15, -0.1) is 0 Å². The maximum Gasteiger partial charge on any atom is 0.290 e. The fourth-order valence-corrected chi connectivity index (χ4v) is 3.78. The number of methoxy groups -OCH3 is 2. The molecule has 1 aliphatic rings. The number of amides is 1. The summed E-state index contributed by atoms with van der Waals surface area (Å²) in [6.07, 6.45) is 0. The van der Waals surface area contributed by atoms with Gasteiger partial charge in [-0.3, -0.25) is 9.59 Å². The number of para-hydroxylation sites is 1. The van der Waals surface area contributed by atoms with Crippen LogP contribution in [0.25, 0.3) is 11.0 Å². The van der Waals surface area contributed by atoms with Crippen molar-refractivity contribution >= 4 is 16.9 Å². The van der Waals surface area contributed by atoms with E-state index in [2.05, 4.69) is 0 Å². The van der Waals surface area contributed by atoms with Gasteiger partial charge in [0.15, 0.2) is 16.9 Å². The number of aliphatic hydroxyl groups is 1. The summed E-state index contributed by atoms with van der Waals surface area (Å²) < 4.78 is 30.3. The van der Waals surface area contributed by atoms with Crippen LogP contribution >= 0.6 is 0 Å². The molecule has 2 heterocycles. The number of benzene rings is 2. The third-order valence-corrected chi connectivity index (χ3v) is 5.00. The molecule has 1 N–H and O–H groups in total. The molecule has 1 atom stereocenters. The van der Waals surface area contributed by atoms with Crippen molar-refractivity contribution in [2.45, 2.75) is 6.04 Å². The number of carbonyl (C=O) groups excluding carboxylic acids is 1. The lowest BCUT2D eigenvalue weighted by atomic mass is 9.97. The zero-order chi connectivity index (χ0) is 20.7. The van der Waals surface area contributed by atoms with Crippen LogP contribution in [0.5, 0.6) is 11.5 Å². The van der Waals surface area contributed by atoms with Gasteiger partial charge in [0.05, 0.1) is 37.8 Å². The maximum absolute atomic E-state index is 13.8. The molecule has 0 radical (unpaired) electrons. The smallest absolute Gasteiger partial charge is 0.290 e. The van der Waals surface area contributed by atoms with Gasteiger partial charge in [-0.1, -0.05) is 12.1 Å². The molecule has 0 saturated heterocycles. The van der Waals surface area contributed by atoms with Crippen LogP contribution in [-0.4, -0.2) is 43.3 Å². The van der Waals surface area contributed by atoms with Crippen LogP contribution in [0.4, 0.5) is 4.39 Å². The standard InChI is InChI=1S/C21H18FNO6/c1-27-15-5-3-4-12(19(15)28-2)17-16-18(25)13-10-11(22)6-7-14(13)29-20(16)21(26)23(17)8-9-24/h3-7,10,17,24H,8-9H2,1-2H3. The Morgan fingerprint density at radius 3 is 2.66 bits per heavy atom. The second kappa shape index (κ2) is 7.21. The van der Waals surface area contributed by atoms with Crippen LogP contribution in [0, 0.1) is 5.82 Å². The summed E-state index contributed by atoms with van der Waals surface area (Å²) in [5, 5.41) is 9.54. The zero-order valence-electron chi connectivity index (χ0n) is 15.8. The Hall–Kier alpha value is -3.39. The number of hydrogen-bond donors (Lipinski definition) is 1. The van der Waals surface area contributed by atoms with Crippen molar-refractivity contribution < 1.29 is 28.2 Å². The van der Waals surface area contributed by atoms with Crippen molar-refractivity contribution in [3.05, 3.63) is 69.3 Å². The largest absolute Gasteiger partial charge is 0.493 e. The SMILES string of the molecule is COc1cccc(C2c3c(oc4ccc(F)cc4c3=O)C(=O)N2CCO)c1OC. The summed E-state index contributed by atoms with van der Waals surface area (Å²) in [5.74, 6) is -0.477. The Bertz CT molecular complexity index is 1170. The molecule has 7 nitrogen and oxygen atoms in total. The van der Waals surface area contributed by atoms with Crippen molar-refractivity contribution in [2.75, 3.05) is 27.4 Å². The summed E-state index contributed by atoms with van der Waals surface area (Å²) in [5.41, 5.74) is 0.179. The van der Waals surface area contributed by atoms with Crippen LogP contribution in [0.15, 0.2) is 45.6 Å². The van der Waals surface area contributed by atoms with E-state index in [0.717, 1.165) is 12.1 Å². The molecule has 29 heavy (non-hydrogen) atoms. The molecule has 1 aliphatic heterocycles. The minimum Gasteiger partial charge on any atom is -0.493 e. The number of hydrogen-bond acceptors (Lipinski definition) is 6. The van der Waals surface area contributed by atoms with E-state index in [4.69, 9.17) is 13.9 Å². The second-order valence-corrected chi connectivity index (χ2v) is 6.52. The first-order valence-corrected chi connectivity index (χ1v) is 8.90. The molecule has 0 spiro atoms. The fraction of sp³-hybridized carbons (Fsp3) is 0.238. The molecule has 4 rings (SSSR count). The molecule has 8 heteroatoms.